The Labute approximate surface area is 167 Å². The van der Waals surface area contributed by atoms with Crippen LogP contribution >= 0.6 is 46.7 Å². The van der Waals surface area contributed by atoms with Gasteiger partial charge >= 0.3 is 0 Å². The van der Waals surface area contributed by atoms with E-state index >= 15 is 0 Å². The lowest BCUT2D eigenvalue weighted by Gasteiger charge is -2.27. The lowest BCUT2D eigenvalue weighted by Crippen LogP contribution is -2.44. The second-order valence-corrected chi connectivity index (χ2v) is 8.45. The number of thiophene rings is 1. The molecule has 5 nitrogen and oxygen atoms in total. The first-order chi connectivity index (χ1) is 11.6. The van der Waals surface area contributed by atoms with Gasteiger partial charge in [0.05, 0.1) is 14.9 Å². The van der Waals surface area contributed by atoms with Crippen LogP contribution in [0.25, 0.3) is 9.88 Å². The molecule has 1 fully saturated rings. The monoisotopic (exact) mass is 420 g/mol. The van der Waals surface area contributed by atoms with Crippen LogP contribution in [-0.4, -0.2) is 55.1 Å². The first-order valence-corrected chi connectivity index (χ1v) is 10.1. The van der Waals surface area contributed by atoms with E-state index in [0.717, 1.165) is 59.1 Å². The first-order valence-electron chi connectivity index (χ1n) is 8.08. The fraction of sp³-hybridized carbons (Fsp3) is 0.500. The van der Waals surface area contributed by atoms with Gasteiger partial charge in [0.25, 0.3) is 5.91 Å². The van der Waals surface area contributed by atoms with Crippen LogP contribution in [-0.2, 0) is 0 Å². The third-order valence-electron chi connectivity index (χ3n) is 3.93. The molecule has 2 N–H and O–H groups in total. The minimum absolute atomic E-state index is 0. The van der Waals surface area contributed by atoms with E-state index in [9.17, 15) is 4.79 Å². The van der Waals surface area contributed by atoms with Crippen LogP contribution in [0.3, 0.4) is 0 Å². The van der Waals surface area contributed by atoms with E-state index in [2.05, 4.69) is 20.5 Å². The molecule has 0 radical (unpaired) electrons. The molecular formula is C16H22Cl2N4OS2. The van der Waals surface area contributed by atoms with Crippen LogP contribution in [0.15, 0.2) is 12.1 Å². The molecule has 9 heteroatoms. The molecule has 3 rings (SSSR count). The van der Waals surface area contributed by atoms with Gasteiger partial charge < -0.3 is 15.5 Å². The molecule has 0 aliphatic carbocycles. The molecule has 1 amide bonds. The topological polar surface area (TPSA) is 57.3 Å². The summed E-state index contributed by atoms with van der Waals surface area (Å²) in [5.41, 5.74) is 0.777. The van der Waals surface area contributed by atoms with E-state index < -0.39 is 0 Å². The summed E-state index contributed by atoms with van der Waals surface area (Å²) < 4.78 is 0.733. The van der Waals surface area contributed by atoms with Gasteiger partial charge in [-0.15, -0.1) is 35.1 Å². The highest BCUT2D eigenvalue weighted by Gasteiger charge is 2.17. The molecule has 2 aromatic heterocycles. The van der Waals surface area contributed by atoms with Crippen LogP contribution in [0.1, 0.15) is 21.8 Å². The second-order valence-electron chi connectivity index (χ2n) is 5.74. The van der Waals surface area contributed by atoms with Crippen molar-refractivity contribution in [3.63, 3.8) is 0 Å². The van der Waals surface area contributed by atoms with Crippen LogP contribution in [0, 0.1) is 6.92 Å². The standard InChI is InChI=1S/C16H21ClN4OS2.ClH/c1-11-14(24-16(20-11)12-3-4-13(17)23-12)15(22)19-5-2-8-21-9-6-18-7-10-21;/h3-4,18H,2,5-10H2,1H3,(H,19,22);1H. The summed E-state index contributed by atoms with van der Waals surface area (Å²) in [4.78, 5) is 21.0. The lowest BCUT2D eigenvalue weighted by atomic mass is 10.3. The number of rotatable bonds is 6. The minimum atomic E-state index is -0.0285. The van der Waals surface area contributed by atoms with E-state index in [1.165, 1.54) is 22.7 Å². The maximum absolute atomic E-state index is 12.4. The highest BCUT2D eigenvalue weighted by Crippen LogP contribution is 2.34. The Kier molecular flexibility index (Phi) is 8.12. The van der Waals surface area contributed by atoms with Crippen molar-refractivity contribution >= 4 is 52.6 Å². The Morgan fingerprint density at radius 1 is 1.36 bits per heavy atom. The number of aromatic nitrogens is 1. The highest BCUT2D eigenvalue weighted by molar-refractivity contribution is 7.24. The number of hydrogen-bond acceptors (Lipinski definition) is 6. The van der Waals surface area contributed by atoms with Crippen LogP contribution in [0.5, 0.6) is 0 Å². The number of nitrogens with zero attached hydrogens (tertiary/aromatic N) is 2. The predicted molar refractivity (Wildman–Crippen MR) is 109 cm³/mol. The number of piperazine rings is 1. The summed E-state index contributed by atoms with van der Waals surface area (Å²) in [6.07, 6.45) is 0.969. The quantitative estimate of drug-likeness (QED) is 0.703. The molecule has 0 spiro atoms. The smallest absolute Gasteiger partial charge is 0.263 e. The Hall–Kier alpha value is -0.700. The molecule has 0 atom stereocenters. The Morgan fingerprint density at radius 3 is 2.80 bits per heavy atom. The van der Waals surface area contributed by atoms with Crippen LogP contribution < -0.4 is 10.6 Å². The van der Waals surface area contributed by atoms with Crippen LogP contribution in [0.4, 0.5) is 0 Å². The average Bonchev–Trinajstić information content (AvgIpc) is 3.18. The van der Waals surface area contributed by atoms with Gasteiger partial charge in [-0.2, -0.15) is 0 Å². The van der Waals surface area contributed by atoms with Gasteiger partial charge in [0.2, 0.25) is 0 Å². The maximum atomic E-state index is 12.4. The molecule has 1 aliphatic heterocycles. The predicted octanol–water partition coefficient (Wildman–Crippen LogP) is 3.28. The number of hydrogen-bond donors (Lipinski definition) is 2. The molecule has 25 heavy (non-hydrogen) atoms. The van der Waals surface area contributed by atoms with E-state index in [4.69, 9.17) is 11.6 Å². The van der Waals surface area contributed by atoms with E-state index in [1.807, 2.05) is 19.1 Å². The van der Waals surface area contributed by atoms with Gasteiger partial charge in [0.15, 0.2) is 0 Å². The molecule has 0 bridgehead atoms. The molecule has 3 heterocycles. The van der Waals surface area contributed by atoms with Crippen molar-refractivity contribution in [1.29, 1.82) is 0 Å². The number of halogens is 2. The average molecular weight is 421 g/mol. The fourth-order valence-electron chi connectivity index (χ4n) is 2.66. The zero-order chi connectivity index (χ0) is 16.9. The van der Waals surface area contributed by atoms with Crippen molar-refractivity contribution in [1.82, 2.24) is 20.5 Å². The summed E-state index contributed by atoms with van der Waals surface area (Å²) in [5, 5.41) is 7.22. The zero-order valence-electron chi connectivity index (χ0n) is 14.0. The van der Waals surface area contributed by atoms with Gasteiger partial charge in [-0.05, 0) is 32.0 Å². The number of thiazole rings is 1. The SMILES string of the molecule is Cc1nc(-c2ccc(Cl)s2)sc1C(=O)NCCCN1CCNCC1.Cl. The Balaban J connectivity index is 0.00000225. The minimum Gasteiger partial charge on any atom is -0.351 e. The van der Waals surface area contributed by atoms with Crippen molar-refractivity contribution in [3.05, 3.63) is 27.0 Å². The van der Waals surface area contributed by atoms with Gasteiger partial charge in [-0.3, -0.25) is 4.79 Å². The van der Waals surface area contributed by atoms with Gasteiger partial charge in [0, 0.05) is 32.7 Å². The van der Waals surface area contributed by atoms with Crippen molar-refractivity contribution in [3.8, 4) is 9.88 Å². The van der Waals surface area contributed by atoms with E-state index in [1.54, 1.807) is 0 Å². The van der Waals surface area contributed by atoms with Gasteiger partial charge in [-0.25, -0.2) is 4.98 Å². The second kappa shape index (κ2) is 9.85. The molecule has 1 aliphatic rings. The number of amides is 1. The normalized spacial score (nSPS) is 15.0. The maximum Gasteiger partial charge on any atom is 0.263 e. The third-order valence-corrected chi connectivity index (χ3v) is 6.49. The molecule has 0 unspecified atom stereocenters. The number of aryl methyl sites for hydroxylation is 1. The molecule has 138 valence electrons. The number of nitrogens with one attached hydrogen (secondary N) is 2. The lowest BCUT2D eigenvalue weighted by molar-refractivity contribution is 0.0954. The molecule has 0 aromatic carbocycles. The molecule has 0 saturated carbocycles. The third kappa shape index (κ3) is 5.64. The summed E-state index contributed by atoms with van der Waals surface area (Å²) >= 11 is 8.89. The molecule has 1 saturated heterocycles. The van der Waals surface area contributed by atoms with E-state index in [-0.39, 0.29) is 18.3 Å². The van der Waals surface area contributed by atoms with Gasteiger partial charge in [-0.1, -0.05) is 11.6 Å². The first kappa shape index (κ1) is 20.6. The van der Waals surface area contributed by atoms with Gasteiger partial charge in [0.1, 0.15) is 9.88 Å². The Morgan fingerprint density at radius 2 is 2.12 bits per heavy atom. The number of carbonyl (C=O) groups is 1. The molecular weight excluding hydrogens is 399 g/mol. The van der Waals surface area contributed by atoms with Crippen molar-refractivity contribution in [2.45, 2.75) is 13.3 Å². The van der Waals surface area contributed by atoms with E-state index in [0.29, 0.717) is 11.4 Å². The summed E-state index contributed by atoms with van der Waals surface area (Å²) in [7, 11) is 0. The fourth-order valence-corrected chi connectivity index (χ4v) is 4.74. The highest BCUT2D eigenvalue weighted by atomic mass is 35.5. The van der Waals surface area contributed by atoms with Crippen molar-refractivity contribution in [2.24, 2.45) is 0 Å². The van der Waals surface area contributed by atoms with Crippen LogP contribution in [0.2, 0.25) is 4.34 Å². The zero-order valence-corrected chi connectivity index (χ0v) is 17.2. The summed E-state index contributed by atoms with van der Waals surface area (Å²) in [6, 6.07) is 3.80. The van der Waals surface area contributed by atoms with Crippen molar-refractivity contribution < 1.29 is 4.79 Å². The summed E-state index contributed by atoms with van der Waals surface area (Å²) in [5.74, 6) is -0.0285. The van der Waals surface area contributed by atoms with Crippen molar-refractivity contribution in [2.75, 3.05) is 39.3 Å². The summed E-state index contributed by atoms with van der Waals surface area (Å²) in [6.45, 7) is 7.90. The largest absolute Gasteiger partial charge is 0.351 e. The number of carbonyl (C=O) groups excluding carboxylic acids is 1. The Bertz CT molecular complexity index is 698. The molecule has 2 aromatic rings.